The van der Waals surface area contributed by atoms with Gasteiger partial charge >= 0.3 is 0 Å². The fraction of sp³-hybridized carbons (Fsp3) is 0.500. The van der Waals surface area contributed by atoms with E-state index in [1.807, 2.05) is 31.2 Å². The number of rotatable bonds is 6. The van der Waals surface area contributed by atoms with Crippen molar-refractivity contribution >= 4 is 0 Å². The molecule has 0 saturated heterocycles. The summed E-state index contributed by atoms with van der Waals surface area (Å²) in [5.41, 5.74) is 6.75. The highest BCUT2D eigenvalue weighted by Crippen LogP contribution is 2.23. The van der Waals surface area contributed by atoms with Gasteiger partial charge in [-0.15, -0.1) is 0 Å². The van der Waals surface area contributed by atoms with Crippen molar-refractivity contribution in [1.82, 2.24) is 0 Å². The summed E-state index contributed by atoms with van der Waals surface area (Å²) < 4.78 is 10.3. The second-order valence-electron chi connectivity index (χ2n) is 3.75. The van der Waals surface area contributed by atoms with Crippen molar-refractivity contribution in [2.75, 3.05) is 20.3 Å². The lowest BCUT2D eigenvalue weighted by atomic mass is 10.1. The Morgan fingerprint density at radius 3 is 2.62 bits per heavy atom. The SMILES string of the molecule is COCC(O)COc1ccccc1C(C)N. The van der Waals surface area contributed by atoms with Gasteiger partial charge in [0.05, 0.1) is 6.61 Å². The number of methoxy groups -OCH3 is 1. The van der Waals surface area contributed by atoms with Crippen LogP contribution in [0.5, 0.6) is 5.75 Å². The Balaban J connectivity index is 2.59. The van der Waals surface area contributed by atoms with E-state index in [1.165, 1.54) is 0 Å². The molecule has 0 saturated carbocycles. The quantitative estimate of drug-likeness (QED) is 0.760. The number of ether oxygens (including phenoxy) is 2. The molecule has 4 heteroatoms. The van der Waals surface area contributed by atoms with Gasteiger partial charge in [0, 0.05) is 18.7 Å². The minimum Gasteiger partial charge on any atom is -0.490 e. The van der Waals surface area contributed by atoms with Gasteiger partial charge in [-0.05, 0) is 13.0 Å². The van der Waals surface area contributed by atoms with Crippen LogP contribution in [0.2, 0.25) is 0 Å². The topological polar surface area (TPSA) is 64.7 Å². The molecule has 0 heterocycles. The zero-order valence-electron chi connectivity index (χ0n) is 9.72. The predicted octanol–water partition coefficient (Wildman–Crippen LogP) is 1.09. The second kappa shape index (κ2) is 6.48. The van der Waals surface area contributed by atoms with E-state index in [2.05, 4.69) is 0 Å². The maximum absolute atomic E-state index is 9.46. The Morgan fingerprint density at radius 1 is 1.31 bits per heavy atom. The molecule has 90 valence electrons. The highest BCUT2D eigenvalue weighted by Gasteiger charge is 2.09. The number of para-hydroxylation sites is 1. The molecular weight excluding hydrogens is 206 g/mol. The van der Waals surface area contributed by atoms with Crippen LogP contribution < -0.4 is 10.5 Å². The van der Waals surface area contributed by atoms with Crippen LogP contribution in [0.15, 0.2) is 24.3 Å². The Labute approximate surface area is 96.0 Å². The van der Waals surface area contributed by atoms with Crippen LogP contribution in [-0.4, -0.2) is 31.5 Å². The molecule has 2 unspecified atom stereocenters. The third-order valence-electron chi connectivity index (χ3n) is 2.20. The monoisotopic (exact) mass is 225 g/mol. The summed E-state index contributed by atoms with van der Waals surface area (Å²) in [4.78, 5) is 0. The van der Waals surface area contributed by atoms with Gasteiger partial charge in [-0.25, -0.2) is 0 Å². The molecule has 1 rings (SSSR count). The van der Waals surface area contributed by atoms with E-state index in [-0.39, 0.29) is 19.3 Å². The second-order valence-corrected chi connectivity index (χ2v) is 3.75. The molecule has 4 nitrogen and oxygen atoms in total. The molecule has 2 atom stereocenters. The highest BCUT2D eigenvalue weighted by molar-refractivity contribution is 5.35. The Hall–Kier alpha value is -1.10. The Kier molecular flexibility index (Phi) is 5.25. The van der Waals surface area contributed by atoms with Crippen LogP contribution in [0.1, 0.15) is 18.5 Å². The lowest BCUT2D eigenvalue weighted by molar-refractivity contribution is 0.0322. The Morgan fingerprint density at radius 2 is 2.00 bits per heavy atom. The fourth-order valence-electron chi connectivity index (χ4n) is 1.41. The van der Waals surface area contributed by atoms with Crippen LogP contribution in [0.3, 0.4) is 0 Å². The van der Waals surface area contributed by atoms with Crippen molar-refractivity contribution in [1.29, 1.82) is 0 Å². The molecule has 3 N–H and O–H groups in total. The van der Waals surface area contributed by atoms with Crippen LogP contribution in [0.25, 0.3) is 0 Å². The van der Waals surface area contributed by atoms with E-state index in [9.17, 15) is 5.11 Å². The van der Waals surface area contributed by atoms with E-state index in [1.54, 1.807) is 7.11 Å². The third kappa shape index (κ3) is 3.81. The van der Waals surface area contributed by atoms with Gasteiger partial charge < -0.3 is 20.3 Å². The van der Waals surface area contributed by atoms with Crippen molar-refractivity contribution in [3.63, 3.8) is 0 Å². The van der Waals surface area contributed by atoms with Crippen molar-refractivity contribution in [2.24, 2.45) is 5.73 Å². The van der Waals surface area contributed by atoms with Gasteiger partial charge in [0.25, 0.3) is 0 Å². The number of hydrogen-bond acceptors (Lipinski definition) is 4. The molecule has 16 heavy (non-hydrogen) atoms. The van der Waals surface area contributed by atoms with Gasteiger partial charge in [-0.3, -0.25) is 0 Å². The van der Waals surface area contributed by atoms with Crippen LogP contribution in [0, 0.1) is 0 Å². The van der Waals surface area contributed by atoms with Crippen molar-refractivity contribution in [3.8, 4) is 5.75 Å². The largest absolute Gasteiger partial charge is 0.490 e. The smallest absolute Gasteiger partial charge is 0.124 e. The summed E-state index contributed by atoms with van der Waals surface area (Å²) in [5.74, 6) is 0.715. The molecule has 0 aliphatic rings. The summed E-state index contributed by atoms with van der Waals surface area (Å²) in [7, 11) is 1.54. The lowest BCUT2D eigenvalue weighted by Gasteiger charge is -2.16. The molecule has 0 aliphatic heterocycles. The maximum atomic E-state index is 9.46. The first-order chi connectivity index (χ1) is 7.65. The van der Waals surface area contributed by atoms with E-state index >= 15 is 0 Å². The fourth-order valence-corrected chi connectivity index (χ4v) is 1.41. The van der Waals surface area contributed by atoms with E-state index in [0.717, 1.165) is 5.56 Å². The number of nitrogens with two attached hydrogens (primary N) is 1. The summed E-state index contributed by atoms with van der Waals surface area (Å²) in [6.45, 7) is 2.37. The van der Waals surface area contributed by atoms with Crippen LogP contribution in [0.4, 0.5) is 0 Å². The lowest BCUT2D eigenvalue weighted by Crippen LogP contribution is -2.23. The first kappa shape index (κ1) is 13.0. The number of hydrogen-bond donors (Lipinski definition) is 2. The van der Waals surface area contributed by atoms with Crippen molar-refractivity contribution in [2.45, 2.75) is 19.1 Å². The molecule has 0 bridgehead atoms. The van der Waals surface area contributed by atoms with E-state index in [4.69, 9.17) is 15.2 Å². The molecular formula is C12H19NO3. The summed E-state index contributed by atoms with van der Waals surface area (Å²) >= 11 is 0. The van der Waals surface area contributed by atoms with Gasteiger partial charge in [0.15, 0.2) is 0 Å². The van der Waals surface area contributed by atoms with Gasteiger partial charge in [0.1, 0.15) is 18.5 Å². The number of aliphatic hydroxyl groups is 1. The van der Waals surface area contributed by atoms with Crippen LogP contribution in [-0.2, 0) is 4.74 Å². The van der Waals surface area contributed by atoms with Crippen molar-refractivity contribution in [3.05, 3.63) is 29.8 Å². The summed E-state index contributed by atoms with van der Waals surface area (Å²) in [5, 5.41) is 9.46. The normalized spacial score (nSPS) is 14.5. The van der Waals surface area contributed by atoms with Gasteiger partial charge in [-0.2, -0.15) is 0 Å². The molecule has 0 fully saturated rings. The average molecular weight is 225 g/mol. The molecule has 1 aromatic carbocycles. The Bertz CT molecular complexity index is 315. The summed E-state index contributed by atoms with van der Waals surface area (Å²) in [6, 6.07) is 7.47. The molecule has 0 spiro atoms. The maximum Gasteiger partial charge on any atom is 0.124 e. The average Bonchev–Trinajstić information content (AvgIpc) is 2.27. The predicted molar refractivity (Wildman–Crippen MR) is 62.4 cm³/mol. The van der Waals surface area contributed by atoms with E-state index in [0.29, 0.717) is 5.75 Å². The molecule has 0 aromatic heterocycles. The van der Waals surface area contributed by atoms with Gasteiger partial charge in [0.2, 0.25) is 0 Å². The third-order valence-corrected chi connectivity index (χ3v) is 2.20. The minimum absolute atomic E-state index is 0.0873. The standard InChI is InChI=1S/C12H19NO3/c1-9(13)11-5-3-4-6-12(11)16-8-10(14)7-15-2/h3-6,9-10,14H,7-8,13H2,1-2H3. The first-order valence-corrected chi connectivity index (χ1v) is 5.29. The molecule has 1 aromatic rings. The zero-order chi connectivity index (χ0) is 12.0. The zero-order valence-corrected chi connectivity index (χ0v) is 9.72. The number of aliphatic hydroxyl groups excluding tert-OH is 1. The number of benzene rings is 1. The molecule has 0 aliphatic carbocycles. The molecule has 0 amide bonds. The minimum atomic E-state index is -0.619. The molecule has 0 radical (unpaired) electrons. The van der Waals surface area contributed by atoms with Crippen LogP contribution >= 0.6 is 0 Å². The highest BCUT2D eigenvalue weighted by atomic mass is 16.5. The van der Waals surface area contributed by atoms with Crippen molar-refractivity contribution < 1.29 is 14.6 Å². The van der Waals surface area contributed by atoms with Gasteiger partial charge in [-0.1, -0.05) is 18.2 Å². The summed E-state index contributed by atoms with van der Waals surface area (Å²) in [6.07, 6.45) is -0.619. The first-order valence-electron chi connectivity index (χ1n) is 5.29. The van der Waals surface area contributed by atoms with E-state index < -0.39 is 6.10 Å².